The average Bonchev–Trinajstić information content (AvgIpc) is 2.48. The van der Waals surface area contributed by atoms with E-state index in [9.17, 15) is 4.79 Å². The van der Waals surface area contributed by atoms with Gasteiger partial charge in [-0.3, -0.25) is 4.79 Å². The highest BCUT2D eigenvalue weighted by molar-refractivity contribution is 7.10. The highest BCUT2D eigenvalue weighted by Crippen LogP contribution is 2.15. The van der Waals surface area contributed by atoms with E-state index in [4.69, 9.17) is 0 Å². The number of unbranched alkanes of at least 4 members (excludes halogenated alkanes) is 1. The van der Waals surface area contributed by atoms with Crippen LogP contribution in [0.1, 0.15) is 31.9 Å². The van der Waals surface area contributed by atoms with Gasteiger partial charge in [0.1, 0.15) is 5.00 Å². The Kier molecular flexibility index (Phi) is 3.89. The van der Waals surface area contributed by atoms with E-state index in [-0.39, 0.29) is 5.91 Å². The molecule has 1 amide bonds. The molecule has 0 radical (unpaired) electrons. The van der Waals surface area contributed by atoms with Gasteiger partial charge < -0.3 is 5.32 Å². The molecular weight excluding hydrogens is 184 g/mol. The summed E-state index contributed by atoms with van der Waals surface area (Å²) in [5, 5.41) is 3.66. The van der Waals surface area contributed by atoms with Crippen molar-refractivity contribution in [3.05, 3.63) is 11.8 Å². The van der Waals surface area contributed by atoms with Crippen LogP contribution in [0.25, 0.3) is 0 Å². The first kappa shape index (κ1) is 10.2. The number of aromatic nitrogens is 1. The lowest BCUT2D eigenvalue weighted by Gasteiger charge is -1.99. The van der Waals surface area contributed by atoms with Crippen molar-refractivity contribution in [2.75, 3.05) is 5.32 Å². The third kappa shape index (κ3) is 3.55. The fourth-order valence-corrected chi connectivity index (χ4v) is 1.64. The molecule has 0 saturated heterocycles. The molecule has 72 valence electrons. The Morgan fingerprint density at radius 3 is 3.00 bits per heavy atom. The summed E-state index contributed by atoms with van der Waals surface area (Å²) >= 11 is 1.33. The Morgan fingerprint density at radius 2 is 2.46 bits per heavy atom. The number of hydrogen-bond acceptors (Lipinski definition) is 3. The van der Waals surface area contributed by atoms with Gasteiger partial charge in [-0.2, -0.15) is 4.37 Å². The fourth-order valence-electron chi connectivity index (χ4n) is 0.960. The SMILES string of the molecule is CCCCC(=O)Nc1cc(C)ns1. The zero-order valence-corrected chi connectivity index (χ0v) is 8.78. The molecular formula is C9H14N2OS. The second-order valence-corrected chi connectivity index (χ2v) is 3.79. The number of nitrogens with zero attached hydrogens (tertiary/aromatic N) is 1. The summed E-state index contributed by atoms with van der Waals surface area (Å²) in [5.74, 6) is 0.0884. The topological polar surface area (TPSA) is 42.0 Å². The van der Waals surface area contributed by atoms with Crippen LogP contribution < -0.4 is 5.32 Å². The van der Waals surface area contributed by atoms with Gasteiger partial charge in [0, 0.05) is 6.42 Å². The van der Waals surface area contributed by atoms with Gasteiger partial charge in [-0.05, 0) is 30.9 Å². The van der Waals surface area contributed by atoms with Crippen LogP contribution in [-0.4, -0.2) is 10.3 Å². The molecule has 1 rings (SSSR count). The number of anilines is 1. The molecule has 0 aliphatic heterocycles. The number of aryl methyl sites for hydroxylation is 1. The van der Waals surface area contributed by atoms with Crippen molar-refractivity contribution < 1.29 is 4.79 Å². The predicted molar refractivity (Wildman–Crippen MR) is 55.0 cm³/mol. The number of nitrogens with one attached hydrogen (secondary N) is 1. The maximum Gasteiger partial charge on any atom is 0.225 e. The molecule has 0 spiro atoms. The minimum Gasteiger partial charge on any atom is -0.316 e. The smallest absolute Gasteiger partial charge is 0.225 e. The number of carbonyl (C=O) groups is 1. The van der Waals surface area contributed by atoms with Gasteiger partial charge >= 0.3 is 0 Å². The molecule has 4 heteroatoms. The van der Waals surface area contributed by atoms with Crippen LogP contribution in [-0.2, 0) is 4.79 Å². The van der Waals surface area contributed by atoms with Crippen LogP contribution >= 0.6 is 11.5 Å². The Bertz CT molecular complexity index is 283. The van der Waals surface area contributed by atoms with E-state index >= 15 is 0 Å². The number of rotatable bonds is 4. The second-order valence-electron chi connectivity index (χ2n) is 2.98. The Balaban J connectivity index is 2.36. The van der Waals surface area contributed by atoms with E-state index in [2.05, 4.69) is 16.6 Å². The Labute approximate surface area is 82.3 Å². The predicted octanol–water partition coefficient (Wildman–Crippen LogP) is 2.58. The van der Waals surface area contributed by atoms with Crippen LogP contribution in [0.5, 0.6) is 0 Å². The van der Waals surface area contributed by atoms with Gasteiger partial charge in [0.05, 0.1) is 5.69 Å². The molecule has 0 saturated carbocycles. The number of hydrogen-bond donors (Lipinski definition) is 1. The molecule has 0 bridgehead atoms. The van der Waals surface area contributed by atoms with E-state index < -0.39 is 0 Å². The monoisotopic (exact) mass is 198 g/mol. The van der Waals surface area contributed by atoms with Crippen LogP contribution in [0, 0.1) is 6.92 Å². The van der Waals surface area contributed by atoms with Crippen LogP contribution in [0.2, 0.25) is 0 Å². The van der Waals surface area contributed by atoms with Crippen molar-refractivity contribution in [1.82, 2.24) is 4.37 Å². The quantitative estimate of drug-likeness (QED) is 0.808. The van der Waals surface area contributed by atoms with Gasteiger partial charge in [-0.25, -0.2) is 0 Å². The second kappa shape index (κ2) is 4.97. The molecule has 0 aliphatic carbocycles. The molecule has 1 aromatic heterocycles. The largest absolute Gasteiger partial charge is 0.316 e. The molecule has 0 aromatic carbocycles. The van der Waals surface area contributed by atoms with E-state index in [0.29, 0.717) is 6.42 Å². The van der Waals surface area contributed by atoms with E-state index in [1.807, 2.05) is 13.0 Å². The summed E-state index contributed by atoms with van der Waals surface area (Å²) in [6.07, 6.45) is 2.60. The molecule has 1 N–H and O–H groups in total. The lowest BCUT2D eigenvalue weighted by molar-refractivity contribution is -0.116. The van der Waals surface area contributed by atoms with Gasteiger partial charge in [-0.15, -0.1) is 0 Å². The van der Waals surface area contributed by atoms with Crippen molar-refractivity contribution in [1.29, 1.82) is 0 Å². The molecule has 1 aromatic rings. The summed E-state index contributed by atoms with van der Waals surface area (Å²) in [4.78, 5) is 11.2. The van der Waals surface area contributed by atoms with Crippen LogP contribution in [0.15, 0.2) is 6.07 Å². The summed E-state index contributed by atoms with van der Waals surface area (Å²) in [5.41, 5.74) is 0.954. The van der Waals surface area contributed by atoms with Gasteiger partial charge in [0.15, 0.2) is 0 Å². The first-order chi connectivity index (χ1) is 6.22. The number of amides is 1. The maximum atomic E-state index is 11.2. The molecule has 1 heterocycles. The Hall–Kier alpha value is -0.900. The van der Waals surface area contributed by atoms with E-state index in [1.54, 1.807) is 0 Å². The van der Waals surface area contributed by atoms with E-state index in [1.165, 1.54) is 11.5 Å². The summed E-state index contributed by atoms with van der Waals surface area (Å²) in [6.45, 7) is 3.99. The van der Waals surface area contributed by atoms with Crippen LogP contribution in [0.3, 0.4) is 0 Å². The first-order valence-corrected chi connectivity index (χ1v) is 5.23. The third-order valence-electron chi connectivity index (χ3n) is 1.65. The number of carbonyl (C=O) groups excluding carboxylic acids is 1. The lowest BCUT2D eigenvalue weighted by atomic mass is 10.2. The molecule has 13 heavy (non-hydrogen) atoms. The molecule has 0 unspecified atom stereocenters. The summed E-state index contributed by atoms with van der Waals surface area (Å²) in [7, 11) is 0. The van der Waals surface area contributed by atoms with Gasteiger partial charge in [0.2, 0.25) is 5.91 Å². The van der Waals surface area contributed by atoms with Crippen molar-refractivity contribution in [2.45, 2.75) is 33.1 Å². The first-order valence-electron chi connectivity index (χ1n) is 4.45. The third-order valence-corrected chi connectivity index (χ3v) is 2.44. The fraction of sp³-hybridized carbons (Fsp3) is 0.556. The van der Waals surface area contributed by atoms with Crippen molar-refractivity contribution >= 4 is 22.4 Å². The van der Waals surface area contributed by atoms with Crippen LogP contribution in [0.4, 0.5) is 5.00 Å². The minimum absolute atomic E-state index is 0.0884. The molecule has 0 aliphatic rings. The molecule has 0 atom stereocenters. The molecule has 0 fully saturated rings. The minimum atomic E-state index is 0.0884. The standard InChI is InChI=1S/C9H14N2OS/c1-3-4-5-8(12)10-9-6-7(2)11-13-9/h6H,3-5H2,1-2H3,(H,10,12). The van der Waals surface area contributed by atoms with E-state index in [0.717, 1.165) is 23.5 Å². The summed E-state index contributed by atoms with van der Waals surface area (Å²) < 4.78 is 4.08. The van der Waals surface area contributed by atoms with Crippen molar-refractivity contribution in [3.8, 4) is 0 Å². The highest BCUT2D eigenvalue weighted by Gasteiger charge is 2.03. The van der Waals surface area contributed by atoms with Crippen molar-refractivity contribution in [3.63, 3.8) is 0 Å². The average molecular weight is 198 g/mol. The highest BCUT2D eigenvalue weighted by atomic mass is 32.1. The van der Waals surface area contributed by atoms with Gasteiger partial charge in [0.25, 0.3) is 0 Å². The summed E-state index contributed by atoms with van der Waals surface area (Å²) in [6, 6.07) is 1.88. The van der Waals surface area contributed by atoms with Crippen molar-refractivity contribution in [2.24, 2.45) is 0 Å². The normalized spacial score (nSPS) is 10.0. The lowest BCUT2D eigenvalue weighted by Crippen LogP contribution is -2.09. The zero-order valence-electron chi connectivity index (χ0n) is 7.96. The zero-order chi connectivity index (χ0) is 9.68. The maximum absolute atomic E-state index is 11.2. The molecule has 3 nitrogen and oxygen atoms in total. The van der Waals surface area contributed by atoms with Gasteiger partial charge in [-0.1, -0.05) is 13.3 Å². The Morgan fingerprint density at radius 1 is 1.69 bits per heavy atom.